The highest BCUT2D eigenvalue weighted by atomic mass is 19.1. The smallest absolute Gasteiger partial charge is 0.123 e. The van der Waals surface area contributed by atoms with E-state index in [-0.39, 0.29) is 12.0 Å². The summed E-state index contributed by atoms with van der Waals surface area (Å²) in [6.07, 6.45) is 0. The topological polar surface area (TPSA) is 61.0 Å². The van der Waals surface area contributed by atoms with Gasteiger partial charge in [0, 0.05) is 6.54 Å². The molecular weight excluding hydrogens is 131 g/mol. The SMILES string of the molecule is N.NCc1ccc(F)cc1. The van der Waals surface area contributed by atoms with Crippen molar-refractivity contribution in [3.8, 4) is 0 Å². The van der Waals surface area contributed by atoms with Crippen LogP contribution in [-0.2, 0) is 6.54 Å². The van der Waals surface area contributed by atoms with Crippen molar-refractivity contribution in [1.82, 2.24) is 6.15 Å². The number of benzene rings is 1. The number of rotatable bonds is 1. The molecule has 10 heavy (non-hydrogen) atoms. The Morgan fingerprint density at radius 2 is 1.70 bits per heavy atom. The molecule has 0 amide bonds. The van der Waals surface area contributed by atoms with E-state index in [0.717, 1.165) is 5.56 Å². The molecule has 1 aromatic carbocycles. The lowest BCUT2D eigenvalue weighted by Gasteiger charge is -1.92. The van der Waals surface area contributed by atoms with Crippen LogP contribution in [0.2, 0.25) is 0 Å². The van der Waals surface area contributed by atoms with Crippen molar-refractivity contribution in [3.05, 3.63) is 35.6 Å². The van der Waals surface area contributed by atoms with Crippen molar-refractivity contribution >= 4 is 0 Å². The van der Waals surface area contributed by atoms with Gasteiger partial charge in [0.15, 0.2) is 0 Å². The first-order valence-corrected chi connectivity index (χ1v) is 2.77. The van der Waals surface area contributed by atoms with Gasteiger partial charge in [-0.15, -0.1) is 0 Å². The number of nitrogens with two attached hydrogens (primary N) is 1. The summed E-state index contributed by atoms with van der Waals surface area (Å²) in [5, 5.41) is 0. The van der Waals surface area contributed by atoms with Gasteiger partial charge in [0.05, 0.1) is 0 Å². The number of hydrogen-bond donors (Lipinski definition) is 2. The van der Waals surface area contributed by atoms with E-state index in [0.29, 0.717) is 6.54 Å². The van der Waals surface area contributed by atoms with E-state index in [2.05, 4.69) is 0 Å². The standard InChI is InChI=1S/C7H8FN.H3N/c8-7-3-1-6(5-9)2-4-7;/h1-4H,5,9H2;1H3. The number of halogens is 1. The Morgan fingerprint density at radius 3 is 2.10 bits per heavy atom. The first-order chi connectivity index (χ1) is 4.33. The Balaban J connectivity index is 0.000000810. The van der Waals surface area contributed by atoms with Crippen molar-refractivity contribution in [3.63, 3.8) is 0 Å². The van der Waals surface area contributed by atoms with Crippen LogP contribution in [0.15, 0.2) is 24.3 Å². The van der Waals surface area contributed by atoms with Gasteiger partial charge < -0.3 is 11.9 Å². The van der Waals surface area contributed by atoms with Gasteiger partial charge in [-0.05, 0) is 17.7 Å². The molecule has 0 radical (unpaired) electrons. The van der Waals surface area contributed by atoms with Crippen LogP contribution in [0.3, 0.4) is 0 Å². The third kappa shape index (κ3) is 2.13. The lowest BCUT2D eigenvalue weighted by Crippen LogP contribution is -1.94. The van der Waals surface area contributed by atoms with Crippen LogP contribution in [0.5, 0.6) is 0 Å². The van der Waals surface area contributed by atoms with Crippen molar-refractivity contribution < 1.29 is 4.39 Å². The fraction of sp³-hybridized carbons (Fsp3) is 0.143. The van der Waals surface area contributed by atoms with E-state index in [1.54, 1.807) is 12.1 Å². The molecule has 0 aliphatic heterocycles. The van der Waals surface area contributed by atoms with Gasteiger partial charge in [-0.2, -0.15) is 0 Å². The second kappa shape index (κ2) is 3.98. The number of hydrogen-bond acceptors (Lipinski definition) is 2. The quantitative estimate of drug-likeness (QED) is 0.623. The van der Waals surface area contributed by atoms with Gasteiger partial charge in [0.1, 0.15) is 5.82 Å². The summed E-state index contributed by atoms with van der Waals surface area (Å²) in [5.41, 5.74) is 6.23. The van der Waals surface area contributed by atoms with E-state index in [4.69, 9.17) is 5.73 Å². The molecule has 5 N–H and O–H groups in total. The summed E-state index contributed by atoms with van der Waals surface area (Å²) in [6.45, 7) is 0.472. The average molecular weight is 142 g/mol. The van der Waals surface area contributed by atoms with Crippen molar-refractivity contribution in [1.29, 1.82) is 0 Å². The molecule has 2 nitrogen and oxygen atoms in total. The minimum absolute atomic E-state index is 0. The highest BCUT2D eigenvalue weighted by Crippen LogP contribution is 2.00. The normalized spacial score (nSPS) is 8.60. The summed E-state index contributed by atoms with van der Waals surface area (Å²) in [7, 11) is 0. The fourth-order valence-electron chi connectivity index (χ4n) is 0.620. The Labute approximate surface area is 59.4 Å². The van der Waals surface area contributed by atoms with Crippen LogP contribution in [0.25, 0.3) is 0 Å². The Kier molecular flexibility index (Phi) is 3.61. The maximum absolute atomic E-state index is 12.2. The monoisotopic (exact) mass is 142 g/mol. The molecule has 1 aromatic rings. The first kappa shape index (κ1) is 9.07. The van der Waals surface area contributed by atoms with E-state index in [9.17, 15) is 4.39 Å². The molecule has 0 bridgehead atoms. The van der Waals surface area contributed by atoms with Crippen LogP contribution in [0.4, 0.5) is 4.39 Å². The molecule has 0 aromatic heterocycles. The molecule has 0 atom stereocenters. The van der Waals surface area contributed by atoms with Gasteiger partial charge in [0.2, 0.25) is 0 Å². The Hall–Kier alpha value is -0.930. The zero-order valence-electron chi connectivity index (χ0n) is 5.68. The minimum atomic E-state index is -0.216. The van der Waals surface area contributed by atoms with Crippen molar-refractivity contribution in [2.24, 2.45) is 5.73 Å². The molecule has 56 valence electrons. The van der Waals surface area contributed by atoms with Gasteiger partial charge in [0.25, 0.3) is 0 Å². The summed E-state index contributed by atoms with van der Waals surface area (Å²) in [5.74, 6) is -0.216. The van der Waals surface area contributed by atoms with Crippen LogP contribution in [0.1, 0.15) is 5.56 Å². The van der Waals surface area contributed by atoms with Gasteiger partial charge in [-0.3, -0.25) is 0 Å². The zero-order valence-corrected chi connectivity index (χ0v) is 5.68. The molecule has 0 unspecified atom stereocenters. The maximum atomic E-state index is 12.2. The molecule has 0 aliphatic carbocycles. The van der Waals surface area contributed by atoms with E-state index < -0.39 is 0 Å². The molecule has 0 saturated carbocycles. The lowest BCUT2D eigenvalue weighted by molar-refractivity contribution is 0.627. The predicted octanol–water partition coefficient (Wildman–Crippen LogP) is 1.45. The van der Waals surface area contributed by atoms with Gasteiger partial charge >= 0.3 is 0 Å². The molecule has 0 spiro atoms. The van der Waals surface area contributed by atoms with Crippen molar-refractivity contribution in [2.75, 3.05) is 0 Å². The zero-order chi connectivity index (χ0) is 6.69. The first-order valence-electron chi connectivity index (χ1n) is 2.77. The van der Waals surface area contributed by atoms with E-state index in [1.165, 1.54) is 12.1 Å². The highest BCUT2D eigenvalue weighted by Gasteiger charge is 1.87. The van der Waals surface area contributed by atoms with Gasteiger partial charge in [-0.1, -0.05) is 12.1 Å². The minimum Gasteiger partial charge on any atom is -0.344 e. The van der Waals surface area contributed by atoms with Crippen LogP contribution in [0, 0.1) is 5.82 Å². The second-order valence-electron chi connectivity index (χ2n) is 1.83. The molecule has 0 fully saturated rings. The summed E-state index contributed by atoms with van der Waals surface area (Å²) in [6, 6.07) is 6.16. The van der Waals surface area contributed by atoms with E-state index >= 15 is 0 Å². The summed E-state index contributed by atoms with van der Waals surface area (Å²) in [4.78, 5) is 0. The van der Waals surface area contributed by atoms with Crippen LogP contribution < -0.4 is 11.9 Å². The lowest BCUT2D eigenvalue weighted by atomic mass is 10.2. The molecule has 0 aliphatic rings. The van der Waals surface area contributed by atoms with Crippen LogP contribution in [-0.4, -0.2) is 0 Å². The highest BCUT2D eigenvalue weighted by molar-refractivity contribution is 5.15. The molecular formula is C7H11FN2. The predicted molar refractivity (Wildman–Crippen MR) is 39.3 cm³/mol. The Morgan fingerprint density at radius 1 is 1.20 bits per heavy atom. The second-order valence-corrected chi connectivity index (χ2v) is 1.83. The fourth-order valence-corrected chi connectivity index (χ4v) is 0.620. The summed E-state index contributed by atoms with van der Waals surface area (Å²) >= 11 is 0. The third-order valence-corrected chi connectivity index (χ3v) is 1.15. The van der Waals surface area contributed by atoms with Crippen LogP contribution >= 0.6 is 0 Å². The summed E-state index contributed by atoms with van der Waals surface area (Å²) < 4.78 is 12.2. The third-order valence-electron chi connectivity index (χ3n) is 1.15. The molecule has 3 heteroatoms. The molecule has 0 heterocycles. The van der Waals surface area contributed by atoms with Crippen molar-refractivity contribution in [2.45, 2.75) is 6.54 Å². The molecule has 1 rings (SSSR count). The average Bonchev–Trinajstić information content (AvgIpc) is 1.90. The Bertz CT molecular complexity index is 183. The maximum Gasteiger partial charge on any atom is 0.123 e. The molecule has 0 saturated heterocycles. The largest absolute Gasteiger partial charge is 0.344 e. The van der Waals surface area contributed by atoms with Gasteiger partial charge in [-0.25, -0.2) is 4.39 Å². The van der Waals surface area contributed by atoms with E-state index in [1.807, 2.05) is 0 Å².